The molecule has 0 saturated heterocycles. The van der Waals surface area contributed by atoms with E-state index in [2.05, 4.69) is 10.4 Å². The number of hydrogen-bond acceptors (Lipinski definition) is 5. The van der Waals surface area contributed by atoms with Gasteiger partial charge in [-0.05, 0) is 59.5 Å². The fraction of sp³-hybridized carbons (Fsp3) is 0.154. The van der Waals surface area contributed by atoms with Crippen molar-refractivity contribution in [3.05, 3.63) is 113 Å². The molecule has 1 aromatic heterocycles. The number of ether oxygens (including phenoxy) is 1. The summed E-state index contributed by atoms with van der Waals surface area (Å²) in [6.45, 7) is 0.634. The summed E-state index contributed by atoms with van der Waals surface area (Å²) in [5.74, 6) is -1.04. The standard InChI is InChI=1S/C26H24F2N4O4S/c27-21-7-1-19(2-8-21)15-32-16-24(26(31-32)36-17-20-3-9-22(28)10-4-20)25(33)30-14-13-18-5-11-23(12-6-18)37(29,34)35/h1-12,16H,13-15,17H2,(H,30,33)(H2,29,34,35). The Kier molecular flexibility index (Phi) is 7.95. The van der Waals surface area contributed by atoms with E-state index >= 15 is 0 Å². The van der Waals surface area contributed by atoms with Gasteiger partial charge in [0.25, 0.3) is 5.91 Å². The molecule has 8 nitrogen and oxygen atoms in total. The van der Waals surface area contributed by atoms with Crippen molar-refractivity contribution in [2.45, 2.75) is 24.5 Å². The van der Waals surface area contributed by atoms with Crippen LogP contribution in [0.15, 0.2) is 83.9 Å². The van der Waals surface area contributed by atoms with Crippen molar-refractivity contribution < 1.29 is 26.7 Å². The minimum atomic E-state index is -3.77. The van der Waals surface area contributed by atoms with E-state index in [0.29, 0.717) is 12.0 Å². The van der Waals surface area contributed by atoms with Gasteiger partial charge in [-0.1, -0.05) is 36.4 Å². The highest BCUT2D eigenvalue weighted by Crippen LogP contribution is 2.19. The molecule has 1 heterocycles. The highest BCUT2D eigenvalue weighted by atomic mass is 32.2. The summed E-state index contributed by atoms with van der Waals surface area (Å²) in [5.41, 5.74) is 2.49. The third-order valence-electron chi connectivity index (χ3n) is 5.47. The van der Waals surface area contributed by atoms with Crippen molar-refractivity contribution in [3.63, 3.8) is 0 Å². The Morgan fingerprint density at radius 2 is 1.46 bits per heavy atom. The van der Waals surface area contributed by atoms with Crippen LogP contribution in [-0.4, -0.2) is 30.7 Å². The average Bonchev–Trinajstić information content (AvgIpc) is 3.27. The van der Waals surface area contributed by atoms with Crippen molar-refractivity contribution in [2.24, 2.45) is 5.14 Å². The van der Waals surface area contributed by atoms with Crippen LogP contribution in [-0.2, 0) is 29.6 Å². The molecule has 4 rings (SSSR count). The lowest BCUT2D eigenvalue weighted by molar-refractivity contribution is 0.0949. The van der Waals surface area contributed by atoms with Crippen LogP contribution in [0.1, 0.15) is 27.0 Å². The SMILES string of the molecule is NS(=O)(=O)c1ccc(CCNC(=O)c2cn(Cc3ccc(F)cc3)nc2OCc2ccc(F)cc2)cc1. The minimum Gasteiger partial charge on any atom is -0.471 e. The molecule has 0 fully saturated rings. The Hall–Kier alpha value is -4.09. The minimum absolute atomic E-state index is 0.0109. The predicted octanol–water partition coefficient (Wildman–Crippen LogP) is 3.41. The van der Waals surface area contributed by atoms with E-state index in [1.54, 1.807) is 42.6 Å². The first-order valence-corrected chi connectivity index (χ1v) is 12.8. The summed E-state index contributed by atoms with van der Waals surface area (Å²) >= 11 is 0. The van der Waals surface area contributed by atoms with Gasteiger partial charge in [-0.15, -0.1) is 5.10 Å². The van der Waals surface area contributed by atoms with Crippen LogP contribution in [0.5, 0.6) is 5.88 Å². The molecular formula is C26H24F2N4O4S. The summed E-state index contributed by atoms with van der Waals surface area (Å²) in [6, 6.07) is 17.8. The van der Waals surface area contributed by atoms with E-state index in [1.807, 2.05) is 0 Å². The Labute approximate surface area is 212 Å². The average molecular weight is 527 g/mol. The lowest BCUT2D eigenvalue weighted by Crippen LogP contribution is -2.26. The monoisotopic (exact) mass is 526 g/mol. The van der Waals surface area contributed by atoms with Crippen LogP contribution in [0.3, 0.4) is 0 Å². The molecule has 3 aromatic carbocycles. The number of rotatable bonds is 10. The first kappa shape index (κ1) is 26.0. The van der Waals surface area contributed by atoms with Crippen molar-refractivity contribution in [1.29, 1.82) is 0 Å². The van der Waals surface area contributed by atoms with Crippen LogP contribution in [0.4, 0.5) is 8.78 Å². The molecule has 192 valence electrons. The molecule has 0 bridgehead atoms. The number of carbonyl (C=O) groups is 1. The second-order valence-corrected chi connectivity index (χ2v) is 9.84. The van der Waals surface area contributed by atoms with Crippen LogP contribution >= 0.6 is 0 Å². The van der Waals surface area contributed by atoms with Gasteiger partial charge in [0.2, 0.25) is 15.9 Å². The number of nitrogens with zero attached hydrogens (tertiary/aromatic N) is 2. The molecule has 4 aromatic rings. The molecule has 0 spiro atoms. The summed E-state index contributed by atoms with van der Waals surface area (Å²) < 4.78 is 56.6. The quantitative estimate of drug-likeness (QED) is 0.329. The number of nitrogens with two attached hydrogens (primary N) is 1. The fourth-order valence-corrected chi connectivity index (χ4v) is 4.03. The van der Waals surface area contributed by atoms with E-state index in [9.17, 15) is 22.0 Å². The van der Waals surface area contributed by atoms with Gasteiger partial charge in [0.1, 0.15) is 23.8 Å². The zero-order chi connectivity index (χ0) is 26.4. The van der Waals surface area contributed by atoms with Crippen LogP contribution in [0.25, 0.3) is 0 Å². The molecular weight excluding hydrogens is 502 g/mol. The number of benzene rings is 3. The number of sulfonamides is 1. The molecule has 1 amide bonds. The van der Waals surface area contributed by atoms with Gasteiger partial charge < -0.3 is 10.1 Å². The lowest BCUT2D eigenvalue weighted by atomic mass is 10.1. The van der Waals surface area contributed by atoms with E-state index in [4.69, 9.17) is 9.88 Å². The third kappa shape index (κ3) is 7.21. The van der Waals surface area contributed by atoms with Crippen molar-refractivity contribution in [2.75, 3.05) is 6.54 Å². The molecule has 0 saturated carbocycles. The zero-order valence-corrected chi connectivity index (χ0v) is 20.4. The highest BCUT2D eigenvalue weighted by molar-refractivity contribution is 7.89. The number of halogens is 2. The van der Waals surface area contributed by atoms with Crippen molar-refractivity contribution in [1.82, 2.24) is 15.1 Å². The zero-order valence-electron chi connectivity index (χ0n) is 19.6. The number of hydrogen-bond donors (Lipinski definition) is 2. The topological polar surface area (TPSA) is 116 Å². The van der Waals surface area contributed by atoms with Gasteiger partial charge in [0, 0.05) is 12.7 Å². The fourth-order valence-electron chi connectivity index (χ4n) is 3.52. The molecule has 3 N–H and O–H groups in total. The van der Waals surface area contributed by atoms with Gasteiger partial charge >= 0.3 is 0 Å². The van der Waals surface area contributed by atoms with Crippen LogP contribution in [0.2, 0.25) is 0 Å². The van der Waals surface area contributed by atoms with Gasteiger partial charge in [0.15, 0.2) is 0 Å². The normalized spacial score (nSPS) is 11.3. The third-order valence-corrected chi connectivity index (χ3v) is 6.40. The molecule has 11 heteroatoms. The van der Waals surface area contributed by atoms with Crippen LogP contribution in [0, 0.1) is 11.6 Å². The molecule has 0 unspecified atom stereocenters. The van der Waals surface area contributed by atoms with Gasteiger partial charge in [0.05, 0.1) is 11.4 Å². The summed E-state index contributed by atoms with van der Waals surface area (Å²) in [4.78, 5) is 13.0. The number of aromatic nitrogens is 2. The van der Waals surface area contributed by atoms with E-state index in [0.717, 1.165) is 11.1 Å². The summed E-state index contributed by atoms with van der Waals surface area (Å²) in [5, 5.41) is 12.3. The number of amides is 1. The molecule has 0 radical (unpaired) electrons. The van der Waals surface area contributed by atoms with E-state index in [-0.39, 0.29) is 47.7 Å². The maximum Gasteiger partial charge on any atom is 0.258 e. The first-order chi connectivity index (χ1) is 17.7. The number of nitrogens with one attached hydrogen (secondary N) is 1. The Morgan fingerprint density at radius 3 is 2.05 bits per heavy atom. The Bertz CT molecular complexity index is 1470. The van der Waals surface area contributed by atoms with E-state index < -0.39 is 15.9 Å². The largest absolute Gasteiger partial charge is 0.471 e. The first-order valence-electron chi connectivity index (χ1n) is 11.3. The van der Waals surface area contributed by atoms with Gasteiger partial charge in [-0.25, -0.2) is 22.3 Å². The number of primary sulfonamides is 1. The predicted molar refractivity (Wildman–Crippen MR) is 132 cm³/mol. The molecule has 0 atom stereocenters. The second-order valence-electron chi connectivity index (χ2n) is 8.28. The maximum absolute atomic E-state index is 13.2. The smallest absolute Gasteiger partial charge is 0.258 e. The highest BCUT2D eigenvalue weighted by Gasteiger charge is 2.18. The van der Waals surface area contributed by atoms with Gasteiger partial charge in [-0.2, -0.15) is 0 Å². The molecule has 0 aliphatic heterocycles. The number of carbonyl (C=O) groups excluding carboxylic acids is 1. The van der Waals surface area contributed by atoms with Crippen molar-refractivity contribution >= 4 is 15.9 Å². The maximum atomic E-state index is 13.2. The van der Waals surface area contributed by atoms with Gasteiger partial charge in [-0.3, -0.25) is 9.48 Å². The Balaban J connectivity index is 1.45. The summed E-state index contributed by atoms with van der Waals surface area (Å²) in [6.07, 6.45) is 1.99. The van der Waals surface area contributed by atoms with Crippen molar-refractivity contribution in [3.8, 4) is 5.88 Å². The molecule has 37 heavy (non-hydrogen) atoms. The Morgan fingerprint density at radius 1 is 0.892 bits per heavy atom. The molecule has 0 aliphatic carbocycles. The second kappa shape index (κ2) is 11.3. The van der Waals surface area contributed by atoms with E-state index in [1.165, 1.54) is 41.1 Å². The lowest BCUT2D eigenvalue weighted by Gasteiger charge is -2.08. The molecule has 0 aliphatic rings. The van der Waals surface area contributed by atoms with Crippen LogP contribution < -0.4 is 15.2 Å². The summed E-state index contributed by atoms with van der Waals surface area (Å²) in [7, 11) is -3.77.